The van der Waals surface area contributed by atoms with E-state index in [2.05, 4.69) is 4.90 Å². The van der Waals surface area contributed by atoms with E-state index in [0.29, 0.717) is 6.42 Å². The lowest BCUT2D eigenvalue weighted by Gasteiger charge is -2.33. The van der Waals surface area contributed by atoms with E-state index in [1.807, 2.05) is 0 Å². The van der Waals surface area contributed by atoms with Gasteiger partial charge < -0.3 is 10.0 Å². The van der Waals surface area contributed by atoms with Crippen molar-refractivity contribution in [3.63, 3.8) is 0 Å². The molecule has 5 nitrogen and oxygen atoms in total. The number of carbonyl (C=O) groups is 2. The van der Waals surface area contributed by atoms with Gasteiger partial charge in [0.05, 0.1) is 5.41 Å². The molecule has 0 atom stereocenters. The van der Waals surface area contributed by atoms with E-state index in [0.717, 1.165) is 39.1 Å². The predicted octanol–water partition coefficient (Wildman–Crippen LogP) is 0.261. The highest BCUT2D eigenvalue weighted by Gasteiger charge is 2.28. The Labute approximate surface area is 96.0 Å². The summed E-state index contributed by atoms with van der Waals surface area (Å²) in [6.45, 7) is 7.46. The normalized spacial score (nSPS) is 18.5. The molecule has 16 heavy (non-hydrogen) atoms. The van der Waals surface area contributed by atoms with Crippen LogP contribution in [0.15, 0.2) is 0 Å². The summed E-state index contributed by atoms with van der Waals surface area (Å²) in [6, 6.07) is 0. The van der Waals surface area contributed by atoms with Gasteiger partial charge in [-0.2, -0.15) is 0 Å². The minimum Gasteiger partial charge on any atom is -0.481 e. The molecule has 0 aromatic heterocycles. The number of amides is 1. The van der Waals surface area contributed by atoms with Gasteiger partial charge in [0.1, 0.15) is 0 Å². The molecular weight excluding hydrogens is 208 g/mol. The van der Waals surface area contributed by atoms with Crippen molar-refractivity contribution in [2.24, 2.45) is 5.41 Å². The topological polar surface area (TPSA) is 60.9 Å². The predicted molar refractivity (Wildman–Crippen MR) is 60.1 cm³/mol. The van der Waals surface area contributed by atoms with Crippen LogP contribution in [-0.2, 0) is 9.59 Å². The molecule has 1 aliphatic heterocycles. The van der Waals surface area contributed by atoms with Gasteiger partial charge in [-0.1, -0.05) is 0 Å². The molecule has 0 aliphatic carbocycles. The van der Waals surface area contributed by atoms with Gasteiger partial charge in [-0.15, -0.1) is 0 Å². The summed E-state index contributed by atoms with van der Waals surface area (Å²) >= 11 is 0. The summed E-state index contributed by atoms with van der Waals surface area (Å²) in [5, 5.41) is 8.98. The maximum absolute atomic E-state index is 10.9. The molecule has 1 N–H and O–H groups in total. The van der Waals surface area contributed by atoms with E-state index in [4.69, 9.17) is 5.11 Å². The van der Waals surface area contributed by atoms with Crippen molar-refractivity contribution in [3.05, 3.63) is 0 Å². The van der Waals surface area contributed by atoms with Crippen molar-refractivity contribution < 1.29 is 14.7 Å². The first-order valence-corrected chi connectivity index (χ1v) is 5.61. The fraction of sp³-hybridized carbons (Fsp3) is 0.818. The van der Waals surface area contributed by atoms with Gasteiger partial charge in [0, 0.05) is 26.2 Å². The summed E-state index contributed by atoms with van der Waals surface area (Å²) in [5.74, 6) is -0.751. The van der Waals surface area contributed by atoms with Crippen LogP contribution in [0, 0.1) is 5.41 Å². The molecule has 0 aromatic rings. The number of aliphatic carboxylic acids is 1. The first-order chi connectivity index (χ1) is 7.45. The fourth-order valence-corrected chi connectivity index (χ4v) is 1.64. The third-order valence-electron chi connectivity index (χ3n) is 3.19. The first-order valence-electron chi connectivity index (χ1n) is 5.61. The maximum atomic E-state index is 10.9. The number of piperazine rings is 1. The Balaban J connectivity index is 2.30. The minimum absolute atomic E-state index is 0.642. The molecule has 0 aromatic carbocycles. The second-order valence-corrected chi connectivity index (χ2v) is 4.92. The van der Waals surface area contributed by atoms with Crippen molar-refractivity contribution in [2.45, 2.75) is 20.3 Å². The van der Waals surface area contributed by atoms with E-state index in [-0.39, 0.29) is 0 Å². The number of carboxylic acids is 1. The molecule has 1 fully saturated rings. The molecule has 0 spiro atoms. The average Bonchev–Trinajstić information content (AvgIpc) is 2.27. The van der Waals surface area contributed by atoms with Crippen LogP contribution in [0.4, 0.5) is 0 Å². The van der Waals surface area contributed by atoms with Gasteiger partial charge in [0.2, 0.25) is 6.41 Å². The van der Waals surface area contributed by atoms with E-state index >= 15 is 0 Å². The summed E-state index contributed by atoms with van der Waals surface area (Å²) in [6.07, 6.45) is 1.52. The van der Waals surface area contributed by atoms with Gasteiger partial charge >= 0.3 is 5.97 Å². The summed E-state index contributed by atoms with van der Waals surface area (Å²) in [5.41, 5.74) is -0.665. The monoisotopic (exact) mass is 228 g/mol. The van der Waals surface area contributed by atoms with Gasteiger partial charge in [-0.05, 0) is 26.8 Å². The van der Waals surface area contributed by atoms with Crippen molar-refractivity contribution in [2.75, 3.05) is 32.7 Å². The molecule has 1 amide bonds. The van der Waals surface area contributed by atoms with Crippen LogP contribution in [0.3, 0.4) is 0 Å². The Hall–Kier alpha value is -1.10. The molecule has 1 saturated heterocycles. The fourth-order valence-electron chi connectivity index (χ4n) is 1.64. The Bertz CT molecular complexity index is 258. The standard InChI is InChI=1S/C11H20N2O3/c1-11(2,10(15)16)3-4-12-5-7-13(9-14)8-6-12/h9H,3-8H2,1-2H3,(H,15,16). The molecule has 0 radical (unpaired) electrons. The lowest BCUT2D eigenvalue weighted by atomic mass is 9.89. The van der Waals surface area contributed by atoms with Crippen molar-refractivity contribution in [1.29, 1.82) is 0 Å². The van der Waals surface area contributed by atoms with Crippen LogP contribution in [-0.4, -0.2) is 60.0 Å². The van der Waals surface area contributed by atoms with Gasteiger partial charge in [0.15, 0.2) is 0 Å². The SMILES string of the molecule is CC(C)(CCN1CCN(C=O)CC1)C(=O)O. The zero-order valence-corrected chi connectivity index (χ0v) is 9.98. The van der Waals surface area contributed by atoms with Crippen LogP contribution in [0.5, 0.6) is 0 Å². The number of carboxylic acid groups (broad SMARTS) is 1. The quantitative estimate of drug-likeness (QED) is 0.686. The maximum Gasteiger partial charge on any atom is 0.309 e. The molecule has 1 aliphatic rings. The lowest BCUT2D eigenvalue weighted by Crippen LogP contribution is -2.46. The molecule has 1 heterocycles. The Morgan fingerprint density at radius 1 is 1.31 bits per heavy atom. The number of nitrogens with zero attached hydrogens (tertiary/aromatic N) is 2. The number of hydrogen-bond donors (Lipinski definition) is 1. The zero-order chi connectivity index (χ0) is 12.2. The summed E-state index contributed by atoms with van der Waals surface area (Å²) in [4.78, 5) is 25.4. The molecule has 5 heteroatoms. The van der Waals surface area contributed by atoms with Crippen LogP contribution in [0.1, 0.15) is 20.3 Å². The number of carbonyl (C=O) groups excluding carboxylic acids is 1. The Morgan fingerprint density at radius 2 is 1.88 bits per heavy atom. The lowest BCUT2D eigenvalue weighted by molar-refractivity contribution is -0.147. The number of rotatable bonds is 5. The molecular formula is C11H20N2O3. The third-order valence-corrected chi connectivity index (χ3v) is 3.19. The van der Waals surface area contributed by atoms with E-state index in [1.54, 1.807) is 18.7 Å². The van der Waals surface area contributed by atoms with Gasteiger partial charge in [-0.3, -0.25) is 14.5 Å². The van der Waals surface area contributed by atoms with Gasteiger partial charge in [0.25, 0.3) is 0 Å². The molecule has 0 bridgehead atoms. The van der Waals surface area contributed by atoms with Gasteiger partial charge in [-0.25, -0.2) is 0 Å². The van der Waals surface area contributed by atoms with Crippen LogP contribution < -0.4 is 0 Å². The highest BCUT2D eigenvalue weighted by Crippen LogP contribution is 2.21. The highest BCUT2D eigenvalue weighted by molar-refractivity contribution is 5.73. The Kier molecular flexibility index (Phi) is 4.29. The molecule has 92 valence electrons. The molecule has 1 rings (SSSR count). The third kappa shape index (κ3) is 3.48. The van der Waals surface area contributed by atoms with Crippen molar-refractivity contribution in [1.82, 2.24) is 9.80 Å². The van der Waals surface area contributed by atoms with Crippen LogP contribution >= 0.6 is 0 Å². The van der Waals surface area contributed by atoms with Crippen molar-refractivity contribution in [3.8, 4) is 0 Å². The smallest absolute Gasteiger partial charge is 0.309 e. The highest BCUT2D eigenvalue weighted by atomic mass is 16.4. The molecule has 0 saturated carbocycles. The largest absolute Gasteiger partial charge is 0.481 e. The second-order valence-electron chi connectivity index (χ2n) is 4.92. The van der Waals surface area contributed by atoms with Crippen LogP contribution in [0.25, 0.3) is 0 Å². The van der Waals surface area contributed by atoms with E-state index < -0.39 is 11.4 Å². The van der Waals surface area contributed by atoms with Crippen molar-refractivity contribution >= 4 is 12.4 Å². The first kappa shape index (κ1) is 13.0. The zero-order valence-electron chi connectivity index (χ0n) is 9.98. The minimum atomic E-state index is -0.751. The number of hydrogen-bond acceptors (Lipinski definition) is 3. The van der Waals surface area contributed by atoms with E-state index in [1.165, 1.54) is 0 Å². The average molecular weight is 228 g/mol. The summed E-state index contributed by atoms with van der Waals surface area (Å²) < 4.78 is 0. The Morgan fingerprint density at radius 3 is 2.31 bits per heavy atom. The van der Waals surface area contributed by atoms with E-state index in [9.17, 15) is 9.59 Å². The second kappa shape index (κ2) is 5.30. The molecule has 0 unspecified atom stereocenters. The summed E-state index contributed by atoms with van der Waals surface area (Å²) in [7, 11) is 0. The van der Waals surface area contributed by atoms with Crippen LogP contribution in [0.2, 0.25) is 0 Å².